The maximum absolute atomic E-state index is 13.4. The molecule has 0 aliphatic heterocycles. The highest BCUT2D eigenvalue weighted by atomic mass is 16.6. The Balaban J connectivity index is 2.29. The number of nitro benzene ring substituents is 1. The van der Waals surface area contributed by atoms with Crippen LogP contribution in [0.25, 0.3) is 0 Å². The van der Waals surface area contributed by atoms with Gasteiger partial charge in [-0.2, -0.15) is 0 Å². The van der Waals surface area contributed by atoms with E-state index < -0.39 is 46.9 Å². The maximum Gasteiger partial charge on any atom is 0.408 e. The summed E-state index contributed by atoms with van der Waals surface area (Å²) in [6.07, 6.45) is -0.939. The van der Waals surface area contributed by atoms with E-state index in [0.29, 0.717) is 5.56 Å². The van der Waals surface area contributed by atoms with Gasteiger partial charge in [-0.15, -0.1) is 0 Å². The maximum atomic E-state index is 13.4. The van der Waals surface area contributed by atoms with E-state index in [2.05, 4.69) is 10.6 Å². The first kappa shape index (κ1) is 30.7. The normalized spacial score (nSPS) is 12.9. The largest absolute Gasteiger partial charge is 0.469 e. The molecule has 0 spiro atoms. The van der Waals surface area contributed by atoms with Gasteiger partial charge in [0.05, 0.1) is 25.6 Å². The van der Waals surface area contributed by atoms with Crippen molar-refractivity contribution in [2.45, 2.75) is 51.3 Å². The van der Waals surface area contributed by atoms with Crippen molar-refractivity contribution >= 4 is 29.6 Å². The van der Waals surface area contributed by atoms with E-state index in [1.54, 1.807) is 24.3 Å². The third-order valence-electron chi connectivity index (χ3n) is 5.83. The molecule has 2 aromatic carbocycles. The smallest absolute Gasteiger partial charge is 0.408 e. The van der Waals surface area contributed by atoms with E-state index in [-0.39, 0.29) is 31.1 Å². The third-order valence-corrected chi connectivity index (χ3v) is 5.83. The molecule has 2 N–H and O–H groups in total. The number of alkyl carbamates (subject to hydrolysis) is 1. The Labute approximate surface area is 226 Å². The minimum absolute atomic E-state index is 0.00514. The number of non-ortho nitro benzene ring substituents is 1. The molecule has 39 heavy (non-hydrogen) atoms. The predicted molar refractivity (Wildman–Crippen MR) is 139 cm³/mol. The molecule has 2 rings (SSSR count). The van der Waals surface area contributed by atoms with Crippen LogP contribution in [-0.2, 0) is 35.2 Å². The fourth-order valence-electron chi connectivity index (χ4n) is 3.85. The molecule has 0 fully saturated rings. The summed E-state index contributed by atoms with van der Waals surface area (Å²) in [6, 6.07) is 11.8. The summed E-state index contributed by atoms with van der Waals surface area (Å²) in [5.41, 5.74) is 0.929. The van der Waals surface area contributed by atoms with Crippen LogP contribution in [0, 0.1) is 16.0 Å². The molecular formula is C27H33N3O9. The van der Waals surface area contributed by atoms with Gasteiger partial charge in [0, 0.05) is 18.1 Å². The Morgan fingerprint density at radius 3 is 2.10 bits per heavy atom. The van der Waals surface area contributed by atoms with E-state index in [9.17, 15) is 29.3 Å². The molecule has 3 atom stereocenters. The van der Waals surface area contributed by atoms with Crippen molar-refractivity contribution in [2.75, 3.05) is 14.2 Å². The number of nitro groups is 1. The van der Waals surface area contributed by atoms with Crippen molar-refractivity contribution in [3.8, 4) is 0 Å². The Morgan fingerprint density at radius 1 is 0.923 bits per heavy atom. The summed E-state index contributed by atoms with van der Waals surface area (Å²) in [5.74, 6) is -3.24. The molecule has 0 aliphatic rings. The zero-order valence-electron chi connectivity index (χ0n) is 22.2. The second-order valence-corrected chi connectivity index (χ2v) is 9.13. The Morgan fingerprint density at radius 2 is 1.56 bits per heavy atom. The molecule has 12 heteroatoms. The lowest BCUT2D eigenvalue weighted by molar-refractivity contribution is -0.384. The molecule has 0 aliphatic carbocycles. The predicted octanol–water partition coefficient (Wildman–Crippen LogP) is 3.24. The van der Waals surface area contributed by atoms with Gasteiger partial charge in [-0.1, -0.05) is 56.3 Å². The number of hydrogen-bond donors (Lipinski definition) is 2. The van der Waals surface area contributed by atoms with Gasteiger partial charge in [0.15, 0.2) is 0 Å². The molecule has 0 radical (unpaired) electrons. The van der Waals surface area contributed by atoms with Crippen LogP contribution < -0.4 is 10.6 Å². The van der Waals surface area contributed by atoms with Gasteiger partial charge in [0.25, 0.3) is 5.69 Å². The lowest BCUT2D eigenvalue weighted by Crippen LogP contribution is -2.54. The summed E-state index contributed by atoms with van der Waals surface area (Å²) < 4.78 is 14.9. The van der Waals surface area contributed by atoms with Crippen LogP contribution in [-0.4, -0.2) is 55.2 Å². The van der Waals surface area contributed by atoms with E-state index in [1.807, 2.05) is 19.9 Å². The molecule has 0 saturated carbocycles. The molecular weight excluding hydrogens is 510 g/mol. The van der Waals surface area contributed by atoms with Gasteiger partial charge < -0.3 is 24.8 Å². The number of carbonyl (C=O) groups is 4. The van der Waals surface area contributed by atoms with Gasteiger partial charge in [-0.3, -0.25) is 19.7 Å². The average Bonchev–Trinajstić information content (AvgIpc) is 2.93. The summed E-state index contributed by atoms with van der Waals surface area (Å²) >= 11 is 0. The van der Waals surface area contributed by atoms with Crippen molar-refractivity contribution in [1.82, 2.24) is 10.6 Å². The molecule has 0 saturated heterocycles. The van der Waals surface area contributed by atoms with Crippen molar-refractivity contribution in [3.63, 3.8) is 0 Å². The molecule has 0 aromatic heterocycles. The zero-order chi connectivity index (χ0) is 28.9. The summed E-state index contributed by atoms with van der Waals surface area (Å²) in [7, 11) is 2.29. The number of nitrogens with one attached hydrogen (secondary N) is 2. The molecule has 210 valence electrons. The first-order valence-electron chi connectivity index (χ1n) is 12.2. The van der Waals surface area contributed by atoms with Gasteiger partial charge >= 0.3 is 18.0 Å². The van der Waals surface area contributed by atoms with Gasteiger partial charge in [-0.05, 0) is 23.5 Å². The summed E-state index contributed by atoms with van der Waals surface area (Å²) in [6.45, 7) is 3.70. The standard InChI is InChI=1S/C27H33N3O9/c1-17(2)14-22(28-27(34)39-16-18-8-6-5-7-9-18)25(32)29-24(26(33)38-4)21(15-23(31)37-3)19-10-12-20(13-11-19)30(35)36/h5-13,17,21-22,24H,14-16H2,1-4H3,(H,28,34)(H,29,32)/t21-,22+,24+/m1/s1. The second kappa shape index (κ2) is 15.1. The van der Waals surface area contributed by atoms with E-state index in [0.717, 1.165) is 12.7 Å². The Bertz CT molecular complexity index is 1140. The van der Waals surface area contributed by atoms with Crippen LogP contribution in [0.3, 0.4) is 0 Å². The van der Waals surface area contributed by atoms with Gasteiger partial charge in [-0.25, -0.2) is 9.59 Å². The quantitative estimate of drug-likeness (QED) is 0.167. The second-order valence-electron chi connectivity index (χ2n) is 9.13. The molecule has 12 nitrogen and oxygen atoms in total. The monoisotopic (exact) mass is 543 g/mol. The number of esters is 2. The fraction of sp³-hybridized carbons (Fsp3) is 0.407. The van der Waals surface area contributed by atoms with Crippen LogP contribution in [0.5, 0.6) is 0 Å². The molecule has 0 bridgehead atoms. The van der Waals surface area contributed by atoms with Crippen molar-refractivity contribution in [1.29, 1.82) is 0 Å². The number of benzene rings is 2. The average molecular weight is 544 g/mol. The highest BCUT2D eigenvalue weighted by molar-refractivity contribution is 5.90. The van der Waals surface area contributed by atoms with Crippen LogP contribution in [0.4, 0.5) is 10.5 Å². The van der Waals surface area contributed by atoms with Gasteiger partial charge in [0.2, 0.25) is 5.91 Å². The van der Waals surface area contributed by atoms with Crippen LogP contribution in [0.1, 0.15) is 43.7 Å². The van der Waals surface area contributed by atoms with Crippen LogP contribution in [0.15, 0.2) is 54.6 Å². The number of ether oxygens (including phenoxy) is 3. The van der Waals surface area contributed by atoms with Crippen LogP contribution in [0.2, 0.25) is 0 Å². The lowest BCUT2D eigenvalue weighted by atomic mass is 9.87. The lowest BCUT2D eigenvalue weighted by Gasteiger charge is -2.28. The topological polar surface area (TPSA) is 163 Å². The molecule has 0 unspecified atom stereocenters. The number of nitrogens with zero attached hydrogens (tertiary/aromatic N) is 1. The number of amides is 2. The van der Waals surface area contributed by atoms with Gasteiger partial charge in [0.1, 0.15) is 18.7 Å². The van der Waals surface area contributed by atoms with E-state index >= 15 is 0 Å². The highest BCUT2D eigenvalue weighted by Crippen LogP contribution is 2.27. The highest BCUT2D eigenvalue weighted by Gasteiger charge is 2.36. The first-order chi connectivity index (χ1) is 18.5. The number of hydrogen-bond acceptors (Lipinski definition) is 9. The summed E-state index contributed by atoms with van der Waals surface area (Å²) in [5, 5.41) is 16.2. The third kappa shape index (κ3) is 9.72. The van der Waals surface area contributed by atoms with Crippen molar-refractivity contribution in [3.05, 3.63) is 75.8 Å². The van der Waals surface area contributed by atoms with Crippen molar-refractivity contribution in [2.24, 2.45) is 5.92 Å². The Hall–Kier alpha value is -4.48. The molecule has 2 aromatic rings. The zero-order valence-corrected chi connectivity index (χ0v) is 22.2. The number of carbonyl (C=O) groups excluding carboxylic acids is 4. The number of rotatable bonds is 13. The molecule has 2 amide bonds. The minimum Gasteiger partial charge on any atom is -0.469 e. The SMILES string of the molecule is COC(=O)C[C@H](c1ccc([N+](=O)[O-])cc1)[C@H](NC(=O)[C@H](CC(C)C)NC(=O)OCc1ccccc1)C(=O)OC. The fourth-order valence-corrected chi connectivity index (χ4v) is 3.85. The number of methoxy groups -OCH3 is 2. The minimum atomic E-state index is -1.38. The van der Waals surface area contributed by atoms with Crippen molar-refractivity contribution < 1.29 is 38.3 Å². The summed E-state index contributed by atoms with van der Waals surface area (Å²) in [4.78, 5) is 61.4. The first-order valence-corrected chi connectivity index (χ1v) is 12.2. The Kier molecular flexibility index (Phi) is 11.9. The van der Waals surface area contributed by atoms with E-state index in [4.69, 9.17) is 14.2 Å². The van der Waals surface area contributed by atoms with E-state index in [1.165, 1.54) is 31.4 Å². The molecule has 0 heterocycles. The van der Waals surface area contributed by atoms with Crippen LogP contribution >= 0.6 is 0 Å².